The van der Waals surface area contributed by atoms with Crippen molar-refractivity contribution >= 4 is 21.9 Å². The van der Waals surface area contributed by atoms with E-state index >= 15 is 0 Å². The van der Waals surface area contributed by atoms with Crippen LogP contribution in [0.1, 0.15) is 30.9 Å². The SMILES string of the molecule is CCCCn1nnnc1NCc1cc(Br)c(OCc2ccccc2)c(OC)c1. The summed E-state index contributed by atoms with van der Waals surface area (Å²) in [6, 6.07) is 14.0. The molecule has 28 heavy (non-hydrogen) atoms. The second kappa shape index (κ2) is 10.1. The maximum Gasteiger partial charge on any atom is 0.243 e. The Morgan fingerprint density at radius 1 is 1.14 bits per heavy atom. The van der Waals surface area contributed by atoms with Crippen molar-refractivity contribution in [1.82, 2.24) is 20.2 Å². The summed E-state index contributed by atoms with van der Waals surface area (Å²) in [6.07, 6.45) is 2.13. The quantitative estimate of drug-likeness (QED) is 0.497. The molecule has 0 bridgehead atoms. The average Bonchev–Trinajstić information content (AvgIpc) is 3.17. The van der Waals surface area contributed by atoms with Crippen LogP contribution in [0.4, 0.5) is 5.95 Å². The van der Waals surface area contributed by atoms with Crippen LogP contribution < -0.4 is 14.8 Å². The Balaban J connectivity index is 1.68. The number of unbranched alkanes of at least 4 members (excludes halogenated alkanes) is 1. The van der Waals surface area contributed by atoms with Gasteiger partial charge in [0.05, 0.1) is 11.6 Å². The first-order chi connectivity index (χ1) is 13.7. The van der Waals surface area contributed by atoms with Crippen LogP contribution in [0, 0.1) is 0 Å². The summed E-state index contributed by atoms with van der Waals surface area (Å²) in [4.78, 5) is 0. The minimum atomic E-state index is 0.472. The van der Waals surface area contributed by atoms with Crippen LogP contribution in [0.25, 0.3) is 0 Å². The molecule has 0 spiro atoms. The summed E-state index contributed by atoms with van der Waals surface area (Å²) in [5.41, 5.74) is 2.13. The van der Waals surface area contributed by atoms with E-state index in [-0.39, 0.29) is 0 Å². The van der Waals surface area contributed by atoms with Crippen LogP contribution in [0.5, 0.6) is 11.5 Å². The molecule has 0 aliphatic heterocycles. The van der Waals surface area contributed by atoms with E-state index in [4.69, 9.17) is 9.47 Å². The van der Waals surface area contributed by atoms with E-state index in [0.717, 1.165) is 35.0 Å². The Kier molecular flexibility index (Phi) is 7.25. The summed E-state index contributed by atoms with van der Waals surface area (Å²) in [5, 5.41) is 15.1. The highest BCUT2D eigenvalue weighted by molar-refractivity contribution is 9.10. The van der Waals surface area contributed by atoms with Crippen LogP contribution in [0.2, 0.25) is 0 Å². The smallest absolute Gasteiger partial charge is 0.243 e. The maximum absolute atomic E-state index is 5.98. The zero-order chi connectivity index (χ0) is 19.8. The van der Waals surface area contributed by atoms with Crippen molar-refractivity contribution in [2.75, 3.05) is 12.4 Å². The molecule has 2 aromatic carbocycles. The summed E-state index contributed by atoms with van der Waals surface area (Å²) in [6.45, 7) is 3.98. The molecule has 148 valence electrons. The van der Waals surface area contributed by atoms with Crippen molar-refractivity contribution in [2.45, 2.75) is 39.5 Å². The fraction of sp³-hybridized carbons (Fsp3) is 0.350. The number of nitrogens with one attached hydrogen (secondary N) is 1. The Bertz CT molecular complexity index is 886. The first-order valence-electron chi connectivity index (χ1n) is 9.24. The van der Waals surface area contributed by atoms with Crippen molar-refractivity contribution in [1.29, 1.82) is 0 Å². The number of rotatable bonds is 10. The molecule has 0 aliphatic carbocycles. The van der Waals surface area contributed by atoms with E-state index in [1.54, 1.807) is 11.8 Å². The van der Waals surface area contributed by atoms with Gasteiger partial charge >= 0.3 is 0 Å². The Morgan fingerprint density at radius 2 is 1.96 bits per heavy atom. The summed E-state index contributed by atoms with van der Waals surface area (Å²) in [5.74, 6) is 2.02. The van der Waals surface area contributed by atoms with Gasteiger partial charge in [0.2, 0.25) is 5.95 Å². The summed E-state index contributed by atoms with van der Waals surface area (Å²) in [7, 11) is 1.64. The number of tetrazole rings is 1. The molecule has 7 nitrogen and oxygen atoms in total. The second-order valence-electron chi connectivity index (χ2n) is 6.32. The predicted octanol–water partition coefficient (Wildman–Crippen LogP) is 4.44. The number of anilines is 1. The van der Waals surface area contributed by atoms with Crippen LogP contribution in [-0.2, 0) is 19.7 Å². The predicted molar refractivity (Wildman–Crippen MR) is 112 cm³/mol. The summed E-state index contributed by atoms with van der Waals surface area (Å²) < 4.78 is 14.1. The van der Waals surface area contributed by atoms with Gasteiger partial charge in [0.15, 0.2) is 11.5 Å². The van der Waals surface area contributed by atoms with Crippen LogP contribution in [-0.4, -0.2) is 27.3 Å². The molecule has 3 rings (SSSR count). The fourth-order valence-electron chi connectivity index (χ4n) is 2.72. The molecular weight excluding hydrogens is 422 g/mol. The number of benzene rings is 2. The first-order valence-corrected chi connectivity index (χ1v) is 10.0. The lowest BCUT2D eigenvalue weighted by Crippen LogP contribution is -2.09. The topological polar surface area (TPSA) is 74.1 Å². The third-order valence-corrected chi connectivity index (χ3v) is 4.81. The van der Waals surface area contributed by atoms with E-state index < -0.39 is 0 Å². The molecule has 0 radical (unpaired) electrons. The molecule has 0 saturated heterocycles. The lowest BCUT2D eigenvalue weighted by molar-refractivity contribution is 0.282. The van der Waals surface area contributed by atoms with Gasteiger partial charge in [0.25, 0.3) is 0 Å². The third kappa shape index (κ3) is 5.22. The molecule has 0 amide bonds. The highest BCUT2D eigenvalue weighted by Gasteiger charge is 2.13. The zero-order valence-electron chi connectivity index (χ0n) is 16.1. The first kappa shape index (κ1) is 20.1. The standard InChI is InChI=1S/C20H24BrN5O2/c1-3-4-10-26-20(23-24-25-26)22-13-16-11-17(21)19(18(12-16)27-2)28-14-15-8-6-5-7-9-15/h5-9,11-12H,3-4,10,13-14H2,1-2H3,(H,22,23,25). The van der Waals surface area contributed by atoms with Crippen molar-refractivity contribution in [3.8, 4) is 11.5 Å². The highest BCUT2D eigenvalue weighted by Crippen LogP contribution is 2.37. The molecule has 0 saturated carbocycles. The van der Waals surface area contributed by atoms with Gasteiger partial charge in [-0.15, -0.1) is 0 Å². The molecule has 1 aromatic heterocycles. The monoisotopic (exact) mass is 445 g/mol. The van der Waals surface area contributed by atoms with Crippen molar-refractivity contribution in [3.63, 3.8) is 0 Å². The van der Waals surface area contributed by atoms with Crippen LogP contribution >= 0.6 is 15.9 Å². The van der Waals surface area contributed by atoms with Gasteiger partial charge in [0, 0.05) is 13.1 Å². The average molecular weight is 446 g/mol. The molecule has 0 unspecified atom stereocenters. The highest BCUT2D eigenvalue weighted by atomic mass is 79.9. The largest absolute Gasteiger partial charge is 0.493 e. The van der Waals surface area contributed by atoms with E-state index in [1.165, 1.54) is 0 Å². The van der Waals surface area contributed by atoms with Crippen LogP contribution in [0.3, 0.4) is 0 Å². The van der Waals surface area contributed by atoms with Gasteiger partial charge in [-0.1, -0.05) is 48.8 Å². The maximum atomic E-state index is 5.98. The van der Waals surface area contributed by atoms with E-state index in [9.17, 15) is 0 Å². The lowest BCUT2D eigenvalue weighted by atomic mass is 10.2. The molecule has 0 atom stereocenters. The lowest BCUT2D eigenvalue weighted by Gasteiger charge is -2.15. The minimum absolute atomic E-state index is 0.472. The Morgan fingerprint density at radius 3 is 2.71 bits per heavy atom. The van der Waals surface area contributed by atoms with Crippen molar-refractivity contribution < 1.29 is 9.47 Å². The molecule has 0 fully saturated rings. The second-order valence-corrected chi connectivity index (χ2v) is 7.17. The normalized spacial score (nSPS) is 10.7. The van der Waals surface area contributed by atoms with E-state index in [1.807, 2.05) is 42.5 Å². The van der Waals surface area contributed by atoms with Gasteiger partial charge in [-0.3, -0.25) is 0 Å². The summed E-state index contributed by atoms with van der Waals surface area (Å²) >= 11 is 3.60. The van der Waals surface area contributed by atoms with E-state index in [0.29, 0.717) is 30.6 Å². The van der Waals surface area contributed by atoms with E-state index in [2.05, 4.69) is 43.7 Å². The fourth-order valence-corrected chi connectivity index (χ4v) is 3.32. The van der Waals surface area contributed by atoms with Crippen molar-refractivity contribution in [3.05, 3.63) is 58.1 Å². The third-order valence-electron chi connectivity index (χ3n) is 4.22. The van der Waals surface area contributed by atoms with Gasteiger partial charge < -0.3 is 14.8 Å². The van der Waals surface area contributed by atoms with Crippen molar-refractivity contribution in [2.24, 2.45) is 0 Å². The number of methoxy groups -OCH3 is 1. The Hall–Kier alpha value is -2.61. The molecule has 1 N–H and O–H groups in total. The van der Waals surface area contributed by atoms with Gasteiger partial charge in [-0.05, 0) is 56.0 Å². The van der Waals surface area contributed by atoms with Crippen LogP contribution in [0.15, 0.2) is 46.9 Å². The minimum Gasteiger partial charge on any atom is -0.493 e. The number of nitrogens with zero attached hydrogens (tertiary/aromatic N) is 4. The number of aryl methyl sites for hydroxylation is 1. The molecular formula is C20H24BrN5O2. The number of aromatic nitrogens is 4. The number of halogens is 1. The number of hydrogen-bond acceptors (Lipinski definition) is 6. The molecule has 1 heterocycles. The van der Waals surface area contributed by atoms with Gasteiger partial charge in [0.1, 0.15) is 6.61 Å². The van der Waals surface area contributed by atoms with Gasteiger partial charge in [-0.25, -0.2) is 4.68 Å². The van der Waals surface area contributed by atoms with Gasteiger partial charge in [-0.2, -0.15) is 0 Å². The molecule has 0 aliphatic rings. The number of hydrogen-bond donors (Lipinski definition) is 1. The zero-order valence-corrected chi connectivity index (χ0v) is 17.6. The Labute approximate surface area is 173 Å². The molecule has 8 heteroatoms. The molecule has 3 aromatic rings. The number of ether oxygens (including phenoxy) is 2.